The number of carbonyl (C=O) groups excluding carboxylic acids is 1. The lowest BCUT2D eigenvalue weighted by molar-refractivity contribution is -0.137. The standard InChI is InChI=1S/C21H25F3N4O2/c1-15(29)14-27-9-4-10-28(12-11-27)19-8-7-16(13-25-19)26-20(30)17-5-2-3-6-18(17)21(22,23)24/h2-3,5-8,13,15,29H,4,9-12,14H2,1H3,(H,26,30). The second-order valence-corrected chi connectivity index (χ2v) is 7.39. The Balaban J connectivity index is 1.65. The van der Waals surface area contributed by atoms with Crippen LogP contribution in [0.3, 0.4) is 0 Å². The fraction of sp³-hybridized carbons (Fsp3) is 0.429. The monoisotopic (exact) mass is 422 g/mol. The fourth-order valence-electron chi connectivity index (χ4n) is 3.53. The van der Waals surface area contributed by atoms with Crippen LogP contribution >= 0.6 is 0 Å². The van der Waals surface area contributed by atoms with Gasteiger partial charge < -0.3 is 15.3 Å². The molecule has 1 unspecified atom stereocenters. The van der Waals surface area contributed by atoms with Gasteiger partial charge in [-0.1, -0.05) is 12.1 Å². The first kappa shape index (κ1) is 22.0. The summed E-state index contributed by atoms with van der Waals surface area (Å²) in [5, 5.41) is 12.0. The minimum absolute atomic E-state index is 0.325. The van der Waals surface area contributed by atoms with Crippen molar-refractivity contribution in [2.75, 3.05) is 42.9 Å². The van der Waals surface area contributed by atoms with E-state index in [1.165, 1.54) is 18.3 Å². The molecular formula is C21H25F3N4O2. The Bertz CT molecular complexity index is 856. The van der Waals surface area contributed by atoms with Gasteiger partial charge in [0.1, 0.15) is 5.82 Å². The minimum atomic E-state index is -4.61. The number of nitrogens with zero attached hydrogens (tertiary/aromatic N) is 3. The number of aliphatic hydroxyl groups is 1. The molecule has 1 aromatic carbocycles. The summed E-state index contributed by atoms with van der Waals surface area (Å²) in [5.74, 6) is -0.0939. The summed E-state index contributed by atoms with van der Waals surface area (Å²) in [7, 11) is 0. The maximum absolute atomic E-state index is 13.1. The molecule has 6 nitrogen and oxygen atoms in total. The number of nitrogens with one attached hydrogen (secondary N) is 1. The van der Waals surface area contributed by atoms with E-state index >= 15 is 0 Å². The number of pyridine rings is 1. The Morgan fingerprint density at radius 2 is 1.93 bits per heavy atom. The van der Waals surface area contributed by atoms with E-state index in [4.69, 9.17) is 0 Å². The van der Waals surface area contributed by atoms with Crippen molar-refractivity contribution in [1.82, 2.24) is 9.88 Å². The highest BCUT2D eigenvalue weighted by molar-refractivity contribution is 6.05. The average molecular weight is 422 g/mol. The van der Waals surface area contributed by atoms with Crippen molar-refractivity contribution < 1.29 is 23.1 Å². The van der Waals surface area contributed by atoms with Gasteiger partial charge in [-0.2, -0.15) is 13.2 Å². The van der Waals surface area contributed by atoms with Crippen LogP contribution in [0.4, 0.5) is 24.7 Å². The number of rotatable bonds is 5. The number of aromatic nitrogens is 1. The lowest BCUT2D eigenvalue weighted by atomic mass is 10.1. The SMILES string of the molecule is CC(O)CN1CCCN(c2ccc(NC(=O)c3ccccc3C(F)(F)F)cn2)CC1. The molecule has 1 aliphatic heterocycles. The summed E-state index contributed by atoms with van der Waals surface area (Å²) >= 11 is 0. The van der Waals surface area contributed by atoms with E-state index in [1.54, 1.807) is 19.1 Å². The Hall–Kier alpha value is -2.65. The number of alkyl halides is 3. The topological polar surface area (TPSA) is 68.7 Å². The van der Waals surface area contributed by atoms with Gasteiger partial charge in [-0.05, 0) is 44.2 Å². The summed E-state index contributed by atoms with van der Waals surface area (Å²) in [6, 6.07) is 8.06. The van der Waals surface area contributed by atoms with Gasteiger partial charge in [0.05, 0.1) is 29.1 Å². The molecule has 9 heteroatoms. The minimum Gasteiger partial charge on any atom is -0.392 e. The van der Waals surface area contributed by atoms with Gasteiger partial charge in [0.25, 0.3) is 5.91 Å². The molecule has 1 atom stereocenters. The number of anilines is 2. The third-order valence-electron chi connectivity index (χ3n) is 4.92. The largest absolute Gasteiger partial charge is 0.417 e. The maximum atomic E-state index is 13.1. The number of amides is 1. The van der Waals surface area contributed by atoms with E-state index in [9.17, 15) is 23.1 Å². The number of halogens is 3. The molecule has 30 heavy (non-hydrogen) atoms. The van der Waals surface area contributed by atoms with Crippen LogP contribution in [0.25, 0.3) is 0 Å². The van der Waals surface area contributed by atoms with Crippen molar-refractivity contribution in [2.45, 2.75) is 25.6 Å². The highest BCUT2D eigenvalue weighted by Crippen LogP contribution is 2.32. The number of β-amino-alcohol motifs (C(OH)–C–C–N with tert-alkyl or cyclic N) is 1. The lowest BCUT2D eigenvalue weighted by Crippen LogP contribution is -2.35. The van der Waals surface area contributed by atoms with Crippen LogP contribution in [0.5, 0.6) is 0 Å². The smallest absolute Gasteiger partial charge is 0.392 e. The van der Waals surface area contributed by atoms with E-state index in [0.29, 0.717) is 12.2 Å². The predicted molar refractivity (Wildman–Crippen MR) is 109 cm³/mol. The van der Waals surface area contributed by atoms with Crippen LogP contribution in [0, 0.1) is 0 Å². The molecule has 0 spiro atoms. The first-order valence-corrected chi connectivity index (χ1v) is 9.83. The molecule has 0 saturated carbocycles. The summed E-state index contributed by atoms with van der Waals surface area (Å²) < 4.78 is 39.4. The van der Waals surface area contributed by atoms with Crippen LogP contribution in [0.15, 0.2) is 42.6 Å². The summed E-state index contributed by atoms with van der Waals surface area (Å²) in [6.45, 7) is 5.67. The van der Waals surface area contributed by atoms with E-state index in [-0.39, 0.29) is 6.10 Å². The quantitative estimate of drug-likeness (QED) is 0.774. The van der Waals surface area contributed by atoms with Crippen molar-refractivity contribution in [2.24, 2.45) is 0 Å². The third kappa shape index (κ3) is 5.70. The zero-order chi connectivity index (χ0) is 21.7. The molecule has 1 saturated heterocycles. The molecule has 1 fully saturated rings. The molecular weight excluding hydrogens is 397 g/mol. The molecule has 3 rings (SSSR count). The average Bonchev–Trinajstić information content (AvgIpc) is 2.93. The highest BCUT2D eigenvalue weighted by atomic mass is 19.4. The van der Waals surface area contributed by atoms with Gasteiger partial charge >= 0.3 is 6.18 Å². The first-order chi connectivity index (χ1) is 14.2. The van der Waals surface area contributed by atoms with E-state index in [1.807, 2.05) is 0 Å². The Labute approximate surface area is 173 Å². The molecule has 1 aromatic heterocycles. The van der Waals surface area contributed by atoms with Crippen molar-refractivity contribution in [3.63, 3.8) is 0 Å². The fourth-order valence-corrected chi connectivity index (χ4v) is 3.53. The molecule has 0 bridgehead atoms. The van der Waals surface area contributed by atoms with Crippen LogP contribution in [-0.2, 0) is 6.18 Å². The number of aliphatic hydroxyl groups excluding tert-OH is 1. The third-order valence-corrected chi connectivity index (χ3v) is 4.92. The summed E-state index contributed by atoms with van der Waals surface area (Å²) in [5.41, 5.74) is -1.08. The van der Waals surface area contributed by atoms with Crippen LogP contribution in [-0.4, -0.2) is 59.7 Å². The van der Waals surface area contributed by atoms with E-state index in [0.717, 1.165) is 50.6 Å². The van der Waals surface area contributed by atoms with Crippen LogP contribution in [0.2, 0.25) is 0 Å². The second kappa shape index (κ2) is 9.44. The number of hydrogen-bond acceptors (Lipinski definition) is 5. The second-order valence-electron chi connectivity index (χ2n) is 7.39. The van der Waals surface area contributed by atoms with Gasteiger partial charge in [0.2, 0.25) is 0 Å². The van der Waals surface area contributed by atoms with Crippen LogP contribution in [0.1, 0.15) is 29.3 Å². The number of benzene rings is 1. The molecule has 162 valence electrons. The van der Waals surface area contributed by atoms with Crippen molar-refractivity contribution in [1.29, 1.82) is 0 Å². The van der Waals surface area contributed by atoms with Gasteiger partial charge in [-0.25, -0.2) is 4.98 Å². The highest BCUT2D eigenvalue weighted by Gasteiger charge is 2.34. The zero-order valence-corrected chi connectivity index (χ0v) is 16.7. The van der Waals surface area contributed by atoms with Crippen molar-refractivity contribution in [3.8, 4) is 0 Å². The van der Waals surface area contributed by atoms with Gasteiger partial charge in [-0.15, -0.1) is 0 Å². The Morgan fingerprint density at radius 1 is 1.17 bits per heavy atom. The van der Waals surface area contributed by atoms with Gasteiger partial charge in [-0.3, -0.25) is 9.69 Å². The molecule has 1 aliphatic rings. The first-order valence-electron chi connectivity index (χ1n) is 9.83. The molecule has 0 aliphatic carbocycles. The zero-order valence-electron chi connectivity index (χ0n) is 16.7. The van der Waals surface area contributed by atoms with Gasteiger partial charge in [0, 0.05) is 26.2 Å². The number of hydrogen-bond donors (Lipinski definition) is 2. The maximum Gasteiger partial charge on any atom is 0.417 e. The van der Waals surface area contributed by atoms with Gasteiger partial charge in [0.15, 0.2) is 0 Å². The molecule has 2 heterocycles. The normalized spacial score (nSPS) is 16.8. The van der Waals surface area contributed by atoms with Crippen molar-refractivity contribution >= 4 is 17.4 Å². The summed E-state index contributed by atoms with van der Waals surface area (Å²) in [4.78, 5) is 21.1. The number of carbonyl (C=O) groups is 1. The Morgan fingerprint density at radius 3 is 2.60 bits per heavy atom. The molecule has 1 amide bonds. The lowest BCUT2D eigenvalue weighted by Gasteiger charge is -2.23. The summed E-state index contributed by atoms with van der Waals surface area (Å²) in [6.07, 6.45) is -2.60. The van der Waals surface area contributed by atoms with Crippen LogP contribution < -0.4 is 10.2 Å². The molecule has 2 N–H and O–H groups in total. The molecule has 0 radical (unpaired) electrons. The molecule has 2 aromatic rings. The van der Waals surface area contributed by atoms with E-state index in [2.05, 4.69) is 20.1 Å². The van der Waals surface area contributed by atoms with E-state index < -0.39 is 23.2 Å². The predicted octanol–water partition coefficient (Wildman–Crippen LogP) is 3.25. The Kier molecular flexibility index (Phi) is 6.94. The van der Waals surface area contributed by atoms with Crippen molar-refractivity contribution in [3.05, 3.63) is 53.7 Å².